The molecule has 0 aliphatic heterocycles. The van der Waals surface area contributed by atoms with Crippen molar-refractivity contribution in [2.45, 2.75) is 49.4 Å². The van der Waals surface area contributed by atoms with Crippen molar-refractivity contribution in [2.24, 2.45) is 0 Å². The van der Waals surface area contributed by atoms with Gasteiger partial charge in [-0.25, -0.2) is 8.84 Å². The highest BCUT2D eigenvalue weighted by molar-refractivity contribution is 6.33. The Balaban J connectivity index is 1.97. The molecule has 0 saturated heterocycles. The van der Waals surface area contributed by atoms with Gasteiger partial charge in [0.25, 0.3) is 11.1 Å². The Hall–Kier alpha value is -4.32. The van der Waals surface area contributed by atoms with Crippen LogP contribution in [0.5, 0.6) is 0 Å². The first kappa shape index (κ1) is 39.5. The number of nitrogens with zero attached hydrogens (tertiary/aromatic N) is 4. The molecule has 2 aliphatic rings. The number of amides is 2. The van der Waals surface area contributed by atoms with Crippen molar-refractivity contribution in [1.29, 1.82) is 0 Å². The van der Waals surface area contributed by atoms with Crippen molar-refractivity contribution in [2.75, 3.05) is 0 Å². The number of benzene rings is 2. The lowest BCUT2D eigenvalue weighted by Gasteiger charge is -2.39. The lowest BCUT2D eigenvalue weighted by Crippen LogP contribution is -2.57. The summed E-state index contributed by atoms with van der Waals surface area (Å²) in [5, 5.41) is 23.5. The molecular weight excluding hydrogens is 784 g/mol. The summed E-state index contributed by atoms with van der Waals surface area (Å²) in [7, 11) is 0. The molecule has 2 aromatic rings. The highest BCUT2D eigenvalue weighted by Crippen LogP contribution is 2.49. The number of hydrogen-bond acceptors (Lipinski definition) is 7. The Morgan fingerprint density at radius 1 is 0.706 bits per heavy atom. The van der Waals surface area contributed by atoms with Gasteiger partial charge in [-0.1, -0.05) is 71.7 Å². The van der Waals surface area contributed by atoms with Crippen molar-refractivity contribution in [1.82, 2.24) is 8.84 Å². The van der Waals surface area contributed by atoms with E-state index in [9.17, 15) is 56.2 Å². The minimum Gasteiger partial charge on any atom is -0.455 e. The number of allylic oxidation sites excluding steroid dienone is 2. The molecular formula is C30H20Cl4F6N4O7. The number of ether oxygens (including phenoxy) is 1. The quantitative estimate of drug-likeness (QED) is 0.115. The summed E-state index contributed by atoms with van der Waals surface area (Å²) in [6, 6.07) is 5.68. The Morgan fingerprint density at radius 2 is 1.02 bits per heavy atom. The average molecular weight is 804 g/mol. The van der Waals surface area contributed by atoms with Crippen LogP contribution in [0.3, 0.4) is 0 Å². The second-order valence-electron chi connectivity index (χ2n) is 11.0. The Kier molecular flexibility index (Phi) is 10.8. The van der Waals surface area contributed by atoms with Crippen LogP contribution in [0.25, 0.3) is 0 Å². The third-order valence-corrected chi connectivity index (χ3v) is 9.55. The number of carbonyl (C=O) groups is 2. The summed E-state index contributed by atoms with van der Waals surface area (Å²) < 4.78 is 86.4. The van der Waals surface area contributed by atoms with Gasteiger partial charge in [0.1, 0.15) is 11.5 Å². The Morgan fingerprint density at radius 3 is 1.29 bits per heavy atom. The number of carbonyl (C=O) groups excluding carboxylic acids is 2. The number of hydrogen-bond donors (Lipinski definition) is 0. The summed E-state index contributed by atoms with van der Waals surface area (Å²) >= 11 is 24.8. The molecule has 0 N–H and O–H groups in total. The van der Waals surface area contributed by atoms with Gasteiger partial charge in [-0.2, -0.15) is 26.3 Å². The summed E-state index contributed by atoms with van der Waals surface area (Å²) in [5.41, 5.74) is -5.76. The standard InChI is InChI=1S/C30H20Cl4F6N4O7/c1-15-7-3-5-9-17(15)27(43(47)48)13-11-19(21(31)23(27)41(33)25(45)29(35,36)37)51-20-12-14-28(44(49)50,18-10-6-4-8-16(18)2)24(22(20)32)42(34)26(46)30(38,39)40/h3-14,23-24H,1-2H3. The van der Waals surface area contributed by atoms with E-state index in [0.717, 1.165) is 12.2 Å². The maximum atomic E-state index is 13.6. The molecule has 4 rings (SSSR count). The molecule has 0 fully saturated rings. The van der Waals surface area contributed by atoms with E-state index in [1.165, 1.54) is 62.4 Å². The van der Waals surface area contributed by atoms with Crippen molar-refractivity contribution >= 4 is 58.6 Å². The maximum absolute atomic E-state index is 13.6. The smallest absolute Gasteiger partial charge is 0.455 e. The molecule has 0 heterocycles. The van der Waals surface area contributed by atoms with E-state index < -0.39 is 87.6 Å². The minimum absolute atomic E-state index is 0.162. The number of aryl methyl sites for hydroxylation is 2. The predicted octanol–water partition coefficient (Wildman–Crippen LogP) is 7.83. The van der Waals surface area contributed by atoms with Crippen LogP contribution in [0.4, 0.5) is 26.3 Å². The van der Waals surface area contributed by atoms with Crippen LogP contribution in [0.2, 0.25) is 0 Å². The third kappa shape index (κ3) is 6.74. The zero-order valence-corrected chi connectivity index (χ0v) is 28.5. The van der Waals surface area contributed by atoms with Crippen molar-refractivity contribution in [3.05, 3.63) is 137 Å². The first-order chi connectivity index (χ1) is 23.5. The fourth-order valence-electron chi connectivity index (χ4n) is 5.74. The molecule has 51 heavy (non-hydrogen) atoms. The van der Waals surface area contributed by atoms with Crippen LogP contribution in [-0.4, -0.2) is 54.9 Å². The molecule has 0 bridgehead atoms. The molecule has 0 saturated carbocycles. The van der Waals surface area contributed by atoms with Gasteiger partial charge in [0.15, 0.2) is 12.1 Å². The number of nitro groups is 2. The largest absolute Gasteiger partial charge is 0.472 e. The average Bonchev–Trinajstić information content (AvgIpc) is 3.04. The highest BCUT2D eigenvalue weighted by Gasteiger charge is 2.63. The van der Waals surface area contributed by atoms with Crippen LogP contribution < -0.4 is 0 Å². The molecule has 4 atom stereocenters. The second-order valence-corrected chi connectivity index (χ2v) is 12.6. The second kappa shape index (κ2) is 14.0. The van der Waals surface area contributed by atoms with E-state index in [1.807, 2.05) is 0 Å². The topological polar surface area (TPSA) is 136 Å². The van der Waals surface area contributed by atoms with Gasteiger partial charge in [0.05, 0.1) is 10.1 Å². The predicted molar refractivity (Wildman–Crippen MR) is 170 cm³/mol. The zero-order chi connectivity index (χ0) is 38.4. The van der Waals surface area contributed by atoms with Gasteiger partial charge in [-0.15, -0.1) is 0 Å². The Bertz CT molecular complexity index is 1800. The number of alkyl halides is 6. The van der Waals surface area contributed by atoms with Crippen LogP contribution in [-0.2, 0) is 25.4 Å². The van der Waals surface area contributed by atoms with Crippen LogP contribution >= 0.6 is 46.8 Å². The van der Waals surface area contributed by atoms with E-state index in [0.29, 0.717) is 12.2 Å². The van der Waals surface area contributed by atoms with Crippen LogP contribution in [0, 0.1) is 34.1 Å². The lowest BCUT2D eigenvalue weighted by atomic mass is 9.77. The van der Waals surface area contributed by atoms with Crippen molar-refractivity contribution < 1.29 is 50.5 Å². The van der Waals surface area contributed by atoms with Gasteiger partial charge in [-0.3, -0.25) is 29.8 Å². The van der Waals surface area contributed by atoms with Crippen molar-refractivity contribution in [3.8, 4) is 0 Å². The van der Waals surface area contributed by atoms with Crippen LogP contribution in [0.1, 0.15) is 22.3 Å². The van der Waals surface area contributed by atoms with E-state index in [4.69, 9.17) is 51.5 Å². The number of rotatable bonds is 8. The molecule has 21 heteroatoms. The Labute approximate surface area is 303 Å². The van der Waals surface area contributed by atoms with Gasteiger partial charge >= 0.3 is 24.2 Å². The molecule has 4 unspecified atom stereocenters. The van der Waals surface area contributed by atoms with Gasteiger partial charge in [0.2, 0.25) is 0 Å². The molecule has 0 spiro atoms. The first-order valence-corrected chi connectivity index (χ1v) is 15.4. The first-order valence-electron chi connectivity index (χ1n) is 13.9. The van der Waals surface area contributed by atoms with Crippen molar-refractivity contribution in [3.63, 3.8) is 0 Å². The monoisotopic (exact) mass is 802 g/mol. The fraction of sp³-hybridized carbons (Fsp3) is 0.267. The maximum Gasteiger partial charge on any atom is 0.472 e. The molecule has 0 radical (unpaired) electrons. The fourth-order valence-corrected chi connectivity index (χ4v) is 7.26. The molecule has 2 aromatic carbocycles. The molecule has 2 amide bonds. The van der Waals surface area contributed by atoms with E-state index in [2.05, 4.69) is 0 Å². The summed E-state index contributed by atoms with van der Waals surface area (Å²) in [5.74, 6) is -7.10. The highest BCUT2D eigenvalue weighted by atomic mass is 35.5. The van der Waals surface area contributed by atoms with Crippen LogP contribution in [0.15, 0.2) is 94.4 Å². The zero-order valence-electron chi connectivity index (χ0n) is 25.5. The summed E-state index contributed by atoms with van der Waals surface area (Å²) in [4.78, 5) is 48.3. The van der Waals surface area contributed by atoms with Gasteiger partial charge < -0.3 is 4.74 Å². The molecule has 2 aliphatic carbocycles. The normalized spacial score (nSPS) is 23.6. The third-order valence-electron chi connectivity index (χ3n) is 8.07. The molecule has 11 nitrogen and oxygen atoms in total. The van der Waals surface area contributed by atoms with E-state index >= 15 is 0 Å². The summed E-state index contributed by atoms with van der Waals surface area (Å²) in [6.07, 6.45) is -8.31. The minimum atomic E-state index is -5.67. The lowest BCUT2D eigenvalue weighted by molar-refractivity contribution is -0.569. The van der Waals surface area contributed by atoms with Gasteiger partial charge in [0, 0.05) is 56.7 Å². The summed E-state index contributed by atoms with van der Waals surface area (Å²) in [6.45, 7) is 2.76. The van der Waals surface area contributed by atoms with E-state index in [1.54, 1.807) is 0 Å². The number of halogens is 10. The molecule has 272 valence electrons. The molecule has 0 aromatic heterocycles. The SMILES string of the molecule is Cc1ccccc1C1([N+](=O)[O-])C=CC(OC2=C(Cl)C(N(Cl)C(=O)C(F)(F)F)C(c3ccccc3C)([N+](=O)[O-])C=C2)=C(Cl)C1N(Cl)C(=O)C(F)(F)F. The van der Waals surface area contributed by atoms with E-state index in [-0.39, 0.29) is 22.3 Å². The van der Waals surface area contributed by atoms with Gasteiger partial charge in [-0.05, 0) is 37.1 Å².